The maximum atomic E-state index is 11.7. The number of hydrogen-bond donors (Lipinski definition) is 0. The van der Waals surface area contributed by atoms with E-state index in [4.69, 9.17) is 0 Å². The van der Waals surface area contributed by atoms with Crippen LogP contribution in [0.3, 0.4) is 0 Å². The monoisotopic (exact) mass is 245 g/mol. The molecule has 0 N–H and O–H groups in total. The molecular formula is C8H14F3NO2S. The fourth-order valence-corrected chi connectivity index (χ4v) is 1.45. The molecule has 0 aliphatic carbocycles. The highest BCUT2D eigenvalue weighted by atomic mass is 32.2. The molecular weight excluding hydrogens is 231 g/mol. The Morgan fingerprint density at radius 3 is 2.47 bits per heavy atom. The fourth-order valence-electron chi connectivity index (χ4n) is 0.813. The van der Waals surface area contributed by atoms with Gasteiger partial charge in [0.25, 0.3) is 0 Å². The minimum absolute atomic E-state index is 0.0266. The first-order valence-corrected chi connectivity index (χ1v) is 5.30. The number of hydrogen-bond acceptors (Lipinski definition) is 4. The molecule has 0 atom stereocenters. The third kappa shape index (κ3) is 9.86. The van der Waals surface area contributed by atoms with Crippen molar-refractivity contribution in [3.63, 3.8) is 0 Å². The molecule has 0 radical (unpaired) electrons. The molecule has 3 nitrogen and oxygen atoms in total. The SMILES string of the molecule is COC(=O)CCN(C)CCSC(F)(F)F. The van der Waals surface area contributed by atoms with Gasteiger partial charge in [0.1, 0.15) is 0 Å². The molecule has 0 bridgehead atoms. The highest BCUT2D eigenvalue weighted by molar-refractivity contribution is 8.00. The highest BCUT2D eigenvalue weighted by Crippen LogP contribution is 2.29. The van der Waals surface area contributed by atoms with Gasteiger partial charge in [0.05, 0.1) is 13.5 Å². The zero-order valence-electron chi connectivity index (χ0n) is 8.63. The number of thioether (sulfide) groups is 1. The van der Waals surface area contributed by atoms with Gasteiger partial charge in [-0.1, -0.05) is 0 Å². The molecule has 0 saturated heterocycles. The van der Waals surface area contributed by atoms with Crippen molar-refractivity contribution in [2.75, 3.05) is 33.0 Å². The second-order valence-electron chi connectivity index (χ2n) is 2.92. The Morgan fingerprint density at radius 2 is 2.00 bits per heavy atom. The number of esters is 1. The number of halogens is 3. The summed E-state index contributed by atoms with van der Waals surface area (Å²) in [5, 5.41) is 0. The van der Waals surface area contributed by atoms with Gasteiger partial charge in [-0.05, 0) is 18.8 Å². The Labute approximate surface area is 90.9 Å². The first-order chi connectivity index (χ1) is 6.85. The lowest BCUT2D eigenvalue weighted by molar-refractivity contribution is -0.140. The minimum Gasteiger partial charge on any atom is -0.469 e. The van der Waals surface area contributed by atoms with Crippen molar-refractivity contribution in [2.45, 2.75) is 11.9 Å². The summed E-state index contributed by atoms with van der Waals surface area (Å²) in [6, 6.07) is 0. The van der Waals surface area contributed by atoms with Crippen molar-refractivity contribution in [3.8, 4) is 0 Å². The zero-order valence-corrected chi connectivity index (χ0v) is 9.45. The van der Waals surface area contributed by atoms with Crippen LogP contribution in [0.4, 0.5) is 13.2 Å². The Kier molecular flexibility index (Phi) is 6.75. The molecule has 0 rings (SSSR count). The number of methoxy groups -OCH3 is 1. The van der Waals surface area contributed by atoms with Crippen LogP contribution in [0, 0.1) is 0 Å². The van der Waals surface area contributed by atoms with E-state index in [-0.39, 0.29) is 29.9 Å². The summed E-state index contributed by atoms with van der Waals surface area (Å²) < 4.78 is 39.6. The number of rotatable bonds is 6. The van der Waals surface area contributed by atoms with Gasteiger partial charge in [-0.2, -0.15) is 13.2 Å². The molecule has 0 spiro atoms. The van der Waals surface area contributed by atoms with Crippen molar-refractivity contribution < 1.29 is 22.7 Å². The predicted octanol–water partition coefficient (Wildman–Crippen LogP) is 1.73. The number of carbonyl (C=O) groups excluding carboxylic acids is 1. The zero-order chi connectivity index (χ0) is 11.9. The van der Waals surface area contributed by atoms with E-state index in [9.17, 15) is 18.0 Å². The van der Waals surface area contributed by atoms with Crippen LogP contribution in [0.15, 0.2) is 0 Å². The molecule has 0 aromatic carbocycles. The quantitative estimate of drug-likeness (QED) is 0.667. The second kappa shape index (κ2) is 6.95. The number of ether oxygens (including phenoxy) is 1. The predicted molar refractivity (Wildman–Crippen MR) is 52.6 cm³/mol. The van der Waals surface area contributed by atoms with E-state index in [2.05, 4.69) is 4.74 Å². The summed E-state index contributed by atoms with van der Waals surface area (Å²) >= 11 is -0.0559. The molecule has 0 aliphatic rings. The molecule has 0 aliphatic heterocycles. The van der Waals surface area contributed by atoms with Crippen LogP contribution in [-0.4, -0.2) is 49.4 Å². The maximum absolute atomic E-state index is 11.7. The lowest BCUT2D eigenvalue weighted by atomic mass is 10.4. The van der Waals surface area contributed by atoms with Crippen LogP contribution in [0.5, 0.6) is 0 Å². The largest absolute Gasteiger partial charge is 0.469 e. The van der Waals surface area contributed by atoms with E-state index in [1.807, 2.05) is 0 Å². The van der Waals surface area contributed by atoms with Gasteiger partial charge < -0.3 is 9.64 Å². The summed E-state index contributed by atoms with van der Waals surface area (Å²) in [6.45, 7) is 0.701. The average Bonchev–Trinajstić information content (AvgIpc) is 2.12. The Balaban J connectivity index is 3.49. The normalized spacial score (nSPS) is 11.9. The van der Waals surface area contributed by atoms with E-state index >= 15 is 0 Å². The minimum atomic E-state index is -4.18. The highest BCUT2D eigenvalue weighted by Gasteiger charge is 2.27. The summed E-state index contributed by atoms with van der Waals surface area (Å²) in [7, 11) is 2.95. The van der Waals surface area contributed by atoms with Crippen LogP contribution in [0.2, 0.25) is 0 Å². The lowest BCUT2D eigenvalue weighted by Crippen LogP contribution is -2.25. The Morgan fingerprint density at radius 1 is 1.40 bits per heavy atom. The van der Waals surface area contributed by atoms with Crippen LogP contribution >= 0.6 is 11.8 Å². The summed E-state index contributed by atoms with van der Waals surface area (Å²) in [5.41, 5.74) is -4.18. The molecule has 7 heteroatoms. The van der Waals surface area contributed by atoms with Gasteiger partial charge >= 0.3 is 11.5 Å². The number of nitrogens with zero attached hydrogens (tertiary/aromatic N) is 1. The average molecular weight is 245 g/mol. The van der Waals surface area contributed by atoms with Gasteiger partial charge in [0.15, 0.2) is 0 Å². The third-order valence-electron chi connectivity index (χ3n) is 1.66. The Bertz CT molecular complexity index is 199. The maximum Gasteiger partial charge on any atom is 0.441 e. The molecule has 0 fully saturated rings. The van der Waals surface area contributed by atoms with Gasteiger partial charge in [0.2, 0.25) is 0 Å². The molecule has 0 saturated carbocycles. The van der Waals surface area contributed by atoms with Gasteiger partial charge in [-0.25, -0.2) is 0 Å². The fraction of sp³-hybridized carbons (Fsp3) is 0.875. The number of alkyl halides is 3. The molecule has 0 aromatic heterocycles. The lowest BCUT2D eigenvalue weighted by Gasteiger charge is -2.15. The Hall–Kier alpha value is -0.430. The summed E-state index contributed by atoms with van der Waals surface area (Å²) in [6.07, 6.45) is 0.198. The molecule has 90 valence electrons. The molecule has 0 aromatic rings. The molecule has 0 heterocycles. The van der Waals surface area contributed by atoms with Crippen LogP contribution in [0.25, 0.3) is 0 Å². The van der Waals surface area contributed by atoms with Crippen molar-refractivity contribution >= 4 is 17.7 Å². The van der Waals surface area contributed by atoms with Gasteiger partial charge in [-0.15, -0.1) is 0 Å². The first-order valence-electron chi connectivity index (χ1n) is 4.31. The molecule has 0 amide bonds. The topological polar surface area (TPSA) is 29.5 Å². The molecule has 0 unspecified atom stereocenters. The second-order valence-corrected chi connectivity index (χ2v) is 4.08. The summed E-state index contributed by atoms with van der Waals surface area (Å²) in [5.74, 6) is -0.383. The van der Waals surface area contributed by atoms with Crippen LogP contribution in [-0.2, 0) is 9.53 Å². The summed E-state index contributed by atoms with van der Waals surface area (Å²) in [4.78, 5) is 12.4. The smallest absolute Gasteiger partial charge is 0.441 e. The van der Waals surface area contributed by atoms with E-state index in [0.717, 1.165) is 0 Å². The van der Waals surface area contributed by atoms with E-state index < -0.39 is 5.51 Å². The van der Waals surface area contributed by atoms with Crippen LogP contribution in [0.1, 0.15) is 6.42 Å². The van der Waals surface area contributed by atoms with E-state index in [1.165, 1.54) is 7.11 Å². The standard InChI is InChI=1S/C8H14F3NO2S/c1-12(4-3-7(13)14-2)5-6-15-8(9,10)11/h3-6H2,1-2H3. The third-order valence-corrected chi connectivity index (χ3v) is 2.38. The number of carbonyl (C=O) groups is 1. The van der Waals surface area contributed by atoms with E-state index in [0.29, 0.717) is 13.1 Å². The van der Waals surface area contributed by atoms with Crippen LogP contribution < -0.4 is 0 Å². The van der Waals surface area contributed by atoms with Crippen molar-refractivity contribution in [1.29, 1.82) is 0 Å². The van der Waals surface area contributed by atoms with E-state index in [1.54, 1.807) is 11.9 Å². The van der Waals surface area contributed by atoms with Crippen molar-refractivity contribution in [3.05, 3.63) is 0 Å². The first kappa shape index (κ1) is 14.6. The molecule has 15 heavy (non-hydrogen) atoms. The van der Waals surface area contributed by atoms with Crippen molar-refractivity contribution in [1.82, 2.24) is 4.90 Å². The van der Waals surface area contributed by atoms with Gasteiger partial charge in [0, 0.05) is 18.8 Å². The van der Waals surface area contributed by atoms with Gasteiger partial charge in [-0.3, -0.25) is 4.79 Å². The van der Waals surface area contributed by atoms with Crippen molar-refractivity contribution in [2.24, 2.45) is 0 Å².